The number of hydrogen-bond acceptors (Lipinski definition) is 3. The fraction of sp³-hybridized carbons (Fsp3) is 0.333. The lowest BCUT2D eigenvalue weighted by molar-refractivity contribution is 0.188. The summed E-state index contributed by atoms with van der Waals surface area (Å²) >= 11 is 0. The van der Waals surface area contributed by atoms with E-state index in [1.54, 1.807) is 18.2 Å². The van der Waals surface area contributed by atoms with Crippen molar-refractivity contribution in [3.8, 4) is 0 Å². The van der Waals surface area contributed by atoms with Crippen LogP contribution in [0.15, 0.2) is 47.9 Å². The zero-order valence-corrected chi connectivity index (χ0v) is 10.0. The highest BCUT2D eigenvalue weighted by Crippen LogP contribution is 2.20. The lowest BCUT2D eigenvalue weighted by atomic mass is 10.2. The second kappa shape index (κ2) is 5.27. The molecule has 0 aliphatic carbocycles. The highest BCUT2D eigenvalue weighted by Gasteiger charge is 2.30. The van der Waals surface area contributed by atoms with Crippen molar-refractivity contribution in [2.24, 2.45) is 0 Å². The maximum absolute atomic E-state index is 12.2. The molecule has 0 spiro atoms. The number of sulfone groups is 1. The quantitative estimate of drug-likeness (QED) is 0.798. The van der Waals surface area contributed by atoms with E-state index in [1.165, 1.54) is 25.1 Å². The zero-order valence-electron chi connectivity index (χ0n) is 9.20. The molecule has 1 N–H and O–H groups in total. The van der Waals surface area contributed by atoms with Crippen molar-refractivity contribution in [2.45, 2.75) is 29.6 Å². The highest BCUT2D eigenvalue weighted by atomic mass is 32.2. The minimum Gasteiger partial charge on any atom is -0.392 e. The number of aliphatic hydroxyl groups is 1. The van der Waals surface area contributed by atoms with Crippen molar-refractivity contribution in [1.82, 2.24) is 0 Å². The molecular formula is C12H16O3S. The van der Waals surface area contributed by atoms with Gasteiger partial charge in [-0.25, -0.2) is 8.42 Å². The van der Waals surface area contributed by atoms with Crippen LogP contribution < -0.4 is 0 Å². The molecule has 16 heavy (non-hydrogen) atoms. The Hall–Kier alpha value is -1.13. The maximum atomic E-state index is 12.2. The van der Waals surface area contributed by atoms with Crippen LogP contribution in [-0.4, -0.2) is 24.9 Å². The Labute approximate surface area is 96.4 Å². The minimum atomic E-state index is -3.48. The number of rotatable bonds is 5. The molecule has 1 aromatic rings. The summed E-state index contributed by atoms with van der Waals surface area (Å²) in [6, 6.07) is 8.16. The van der Waals surface area contributed by atoms with Gasteiger partial charge in [0.25, 0.3) is 0 Å². The molecule has 1 aromatic carbocycles. The third kappa shape index (κ3) is 2.71. The first-order valence-corrected chi connectivity index (χ1v) is 6.62. The predicted octanol–water partition coefficient (Wildman–Crippen LogP) is 1.79. The summed E-state index contributed by atoms with van der Waals surface area (Å²) in [4.78, 5) is 0.239. The van der Waals surface area contributed by atoms with Gasteiger partial charge in [-0.05, 0) is 25.5 Å². The number of aliphatic hydroxyl groups excluding tert-OH is 1. The van der Waals surface area contributed by atoms with Crippen molar-refractivity contribution in [3.63, 3.8) is 0 Å². The SMILES string of the molecule is C=CC[C@@H]([C@@H](C)O)S(=O)(=O)c1ccccc1. The van der Waals surface area contributed by atoms with Crippen LogP contribution in [-0.2, 0) is 9.84 Å². The van der Waals surface area contributed by atoms with E-state index in [-0.39, 0.29) is 11.3 Å². The van der Waals surface area contributed by atoms with Crippen LogP contribution in [0.5, 0.6) is 0 Å². The molecule has 0 aliphatic heterocycles. The topological polar surface area (TPSA) is 54.4 Å². The van der Waals surface area contributed by atoms with Crippen LogP contribution in [0, 0.1) is 0 Å². The van der Waals surface area contributed by atoms with Crippen LogP contribution in [0.1, 0.15) is 13.3 Å². The molecule has 0 radical (unpaired) electrons. The average Bonchev–Trinajstić information content (AvgIpc) is 2.26. The third-order valence-electron chi connectivity index (χ3n) is 2.41. The molecule has 1 rings (SSSR count). The molecule has 4 heteroatoms. The van der Waals surface area contributed by atoms with Gasteiger partial charge >= 0.3 is 0 Å². The molecule has 0 saturated carbocycles. The first kappa shape index (κ1) is 12.9. The Morgan fingerprint density at radius 1 is 1.38 bits per heavy atom. The van der Waals surface area contributed by atoms with Gasteiger partial charge in [0, 0.05) is 0 Å². The van der Waals surface area contributed by atoms with Crippen molar-refractivity contribution in [3.05, 3.63) is 43.0 Å². The predicted molar refractivity (Wildman–Crippen MR) is 63.9 cm³/mol. The van der Waals surface area contributed by atoms with Crippen LogP contribution in [0.4, 0.5) is 0 Å². The Morgan fingerprint density at radius 3 is 2.38 bits per heavy atom. The number of hydrogen-bond donors (Lipinski definition) is 1. The molecule has 3 nitrogen and oxygen atoms in total. The van der Waals surface area contributed by atoms with Gasteiger partial charge in [0.2, 0.25) is 0 Å². The van der Waals surface area contributed by atoms with Gasteiger partial charge in [-0.2, -0.15) is 0 Å². The lowest BCUT2D eigenvalue weighted by Crippen LogP contribution is -2.31. The summed E-state index contributed by atoms with van der Waals surface area (Å²) in [6.07, 6.45) is 0.843. The van der Waals surface area contributed by atoms with Gasteiger partial charge in [0.1, 0.15) is 0 Å². The molecule has 0 heterocycles. The maximum Gasteiger partial charge on any atom is 0.184 e. The second-order valence-corrected chi connectivity index (χ2v) is 5.83. The van der Waals surface area contributed by atoms with Crippen LogP contribution >= 0.6 is 0 Å². The highest BCUT2D eigenvalue weighted by molar-refractivity contribution is 7.92. The average molecular weight is 240 g/mol. The molecule has 0 amide bonds. The molecule has 0 aliphatic rings. The minimum absolute atomic E-state index is 0.239. The smallest absolute Gasteiger partial charge is 0.184 e. The van der Waals surface area contributed by atoms with Gasteiger partial charge in [-0.15, -0.1) is 6.58 Å². The largest absolute Gasteiger partial charge is 0.392 e. The summed E-state index contributed by atoms with van der Waals surface area (Å²) in [5.74, 6) is 0. The monoisotopic (exact) mass is 240 g/mol. The second-order valence-electron chi connectivity index (χ2n) is 3.66. The Bertz CT molecular complexity index is 435. The summed E-state index contributed by atoms with van der Waals surface area (Å²) in [5, 5.41) is 8.69. The zero-order chi connectivity index (χ0) is 12.2. The Kier molecular flexibility index (Phi) is 4.26. The van der Waals surface area contributed by atoms with Crippen LogP contribution in [0.25, 0.3) is 0 Å². The normalized spacial score (nSPS) is 15.4. The molecule has 0 aromatic heterocycles. The molecule has 88 valence electrons. The fourth-order valence-electron chi connectivity index (χ4n) is 1.53. The van der Waals surface area contributed by atoms with E-state index >= 15 is 0 Å². The summed E-state index contributed by atoms with van der Waals surface area (Å²) in [5.41, 5.74) is 0. The molecular weight excluding hydrogens is 224 g/mol. The van der Waals surface area contributed by atoms with Crippen molar-refractivity contribution in [2.75, 3.05) is 0 Å². The van der Waals surface area contributed by atoms with Crippen molar-refractivity contribution >= 4 is 9.84 Å². The molecule has 0 saturated heterocycles. The van der Waals surface area contributed by atoms with Gasteiger partial charge in [0.05, 0.1) is 16.2 Å². The summed E-state index contributed by atoms with van der Waals surface area (Å²) in [6.45, 7) is 5.00. The van der Waals surface area contributed by atoms with Crippen molar-refractivity contribution in [1.29, 1.82) is 0 Å². The van der Waals surface area contributed by atoms with Gasteiger partial charge in [0.15, 0.2) is 9.84 Å². The third-order valence-corrected chi connectivity index (χ3v) is 4.72. The Morgan fingerprint density at radius 2 is 1.94 bits per heavy atom. The van der Waals surface area contributed by atoms with Gasteiger partial charge in [-0.3, -0.25) is 0 Å². The van der Waals surface area contributed by atoms with E-state index in [9.17, 15) is 13.5 Å². The molecule has 0 bridgehead atoms. The summed E-state index contributed by atoms with van der Waals surface area (Å²) < 4.78 is 24.3. The van der Waals surface area contributed by atoms with Gasteiger partial charge in [-0.1, -0.05) is 24.3 Å². The number of allylic oxidation sites excluding steroid dienone is 1. The van der Waals surface area contributed by atoms with Crippen molar-refractivity contribution < 1.29 is 13.5 Å². The van der Waals surface area contributed by atoms with E-state index in [2.05, 4.69) is 6.58 Å². The van der Waals surface area contributed by atoms with Crippen LogP contribution in [0.2, 0.25) is 0 Å². The molecule has 0 fully saturated rings. The van der Waals surface area contributed by atoms with E-state index in [1.807, 2.05) is 0 Å². The van der Waals surface area contributed by atoms with Crippen LogP contribution in [0.3, 0.4) is 0 Å². The first-order valence-electron chi connectivity index (χ1n) is 5.08. The first-order chi connectivity index (χ1) is 7.50. The molecule has 2 atom stereocenters. The van der Waals surface area contributed by atoms with E-state index < -0.39 is 21.2 Å². The number of benzene rings is 1. The fourth-order valence-corrected chi connectivity index (χ4v) is 3.33. The molecule has 0 unspecified atom stereocenters. The Balaban J connectivity index is 3.13. The van der Waals surface area contributed by atoms with E-state index in [0.717, 1.165) is 0 Å². The lowest BCUT2D eigenvalue weighted by Gasteiger charge is -2.18. The van der Waals surface area contributed by atoms with E-state index in [0.29, 0.717) is 0 Å². The van der Waals surface area contributed by atoms with E-state index in [4.69, 9.17) is 0 Å². The standard InChI is InChI=1S/C12H16O3S/c1-3-7-12(10(2)13)16(14,15)11-8-5-4-6-9-11/h3-6,8-10,12-13H,1,7H2,2H3/t10-,12+/m1/s1. The summed E-state index contributed by atoms with van der Waals surface area (Å²) in [7, 11) is -3.48. The van der Waals surface area contributed by atoms with Gasteiger partial charge < -0.3 is 5.11 Å².